The molecule has 0 N–H and O–H groups in total. The summed E-state index contributed by atoms with van der Waals surface area (Å²) in [5.41, 5.74) is 1.76. The van der Waals surface area contributed by atoms with Crippen LogP contribution in [0.5, 0.6) is 0 Å². The molecule has 0 unspecified atom stereocenters. The van der Waals surface area contributed by atoms with Gasteiger partial charge in [-0.05, 0) is 12.0 Å². The minimum absolute atomic E-state index is 0.595. The Kier molecular flexibility index (Phi) is 2.61. The molecule has 1 aromatic rings. The SMILES string of the molecule is C=CCc1ccc([C]=O)cc1. The van der Waals surface area contributed by atoms with E-state index in [0.717, 1.165) is 6.42 Å². The molecule has 55 valence electrons. The number of hydrogen-bond acceptors (Lipinski definition) is 1. The average Bonchev–Trinajstić information content (AvgIpc) is 2.07. The van der Waals surface area contributed by atoms with E-state index in [1.54, 1.807) is 12.1 Å². The van der Waals surface area contributed by atoms with Crippen LogP contribution in [0, 0.1) is 0 Å². The van der Waals surface area contributed by atoms with E-state index in [9.17, 15) is 4.79 Å². The van der Waals surface area contributed by atoms with Crippen molar-refractivity contribution in [1.82, 2.24) is 0 Å². The van der Waals surface area contributed by atoms with Gasteiger partial charge in [-0.15, -0.1) is 6.58 Å². The summed E-state index contributed by atoms with van der Waals surface area (Å²) in [5, 5.41) is 0. The summed E-state index contributed by atoms with van der Waals surface area (Å²) in [5.74, 6) is 0. The molecule has 0 aliphatic heterocycles. The number of benzene rings is 1. The largest absolute Gasteiger partial charge is 0.285 e. The third-order valence-corrected chi connectivity index (χ3v) is 1.45. The molecule has 1 rings (SSSR count). The highest BCUT2D eigenvalue weighted by atomic mass is 16.1. The summed E-state index contributed by atoms with van der Waals surface area (Å²) < 4.78 is 0. The number of rotatable bonds is 3. The van der Waals surface area contributed by atoms with Gasteiger partial charge < -0.3 is 0 Å². The van der Waals surface area contributed by atoms with E-state index in [1.165, 1.54) is 5.56 Å². The van der Waals surface area contributed by atoms with E-state index in [4.69, 9.17) is 0 Å². The average molecular weight is 145 g/mol. The molecule has 1 radical (unpaired) electrons. The maximum atomic E-state index is 10.1. The van der Waals surface area contributed by atoms with Crippen LogP contribution < -0.4 is 0 Å². The molecule has 0 aliphatic rings. The quantitative estimate of drug-likeness (QED) is 0.593. The lowest BCUT2D eigenvalue weighted by Gasteiger charge is -1.94. The van der Waals surface area contributed by atoms with E-state index in [2.05, 4.69) is 6.58 Å². The Labute approximate surface area is 66.4 Å². The second kappa shape index (κ2) is 3.71. The topological polar surface area (TPSA) is 17.1 Å². The molecule has 1 aromatic carbocycles. The summed E-state index contributed by atoms with van der Waals surface area (Å²) in [4.78, 5) is 10.1. The Morgan fingerprint density at radius 1 is 1.36 bits per heavy atom. The smallest absolute Gasteiger partial charge is 0.233 e. The molecule has 0 spiro atoms. The molecule has 0 bridgehead atoms. The van der Waals surface area contributed by atoms with Crippen LogP contribution in [0.3, 0.4) is 0 Å². The second-order valence-electron chi connectivity index (χ2n) is 2.29. The second-order valence-corrected chi connectivity index (χ2v) is 2.29. The molecule has 0 fully saturated rings. The predicted octanol–water partition coefficient (Wildman–Crippen LogP) is 1.87. The maximum absolute atomic E-state index is 10.1. The van der Waals surface area contributed by atoms with Gasteiger partial charge >= 0.3 is 0 Å². The van der Waals surface area contributed by atoms with Crippen LogP contribution in [0.2, 0.25) is 0 Å². The molecular formula is C10H9O. The lowest BCUT2D eigenvalue weighted by Crippen LogP contribution is -1.82. The number of hydrogen-bond donors (Lipinski definition) is 0. The Bertz CT molecular complexity index is 246. The van der Waals surface area contributed by atoms with Crippen molar-refractivity contribution in [3.63, 3.8) is 0 Å². The Hall–Kier alpha value is -1.37. The molecular weight excluding hydrogens is 136 g/mol. The highest BCUT2D eigenvalue weighted by Crippen LogP contribution is 2.02. The fraction of sp³-hybridized carbons (Fsp3) is 0.100. The predicted molar refractivity (Wildman–Crippen MR) is 45.1 cm³/mol. The molecule has 11 heavy (non-hydrogen) atoms. The standard InChI is InChI=1S/C10H9O/c1-2-3-9-4-6-10(8-11)7-5-9/h2,4-7H,1,3H2. The van der Waals surface area contributed by atoms with Crippen LogP contribution in [-0.4, -0.2) is 6.29 Å². The molecule has 0 heterocycles. The van der Waals surface area contributed by atoms with Gasteiger partial charge in [0.1, 0.15) is 0 Å². The van der Waals surface area contributed by atoms with E-state index in [0.29, 0.717) is 5.56 Å². The first kappa shape index (κ1) is 7.73. The summed E-state index contributed by atoms with van der Waals surface area (Å²) >= 11 is 0. The van der Waals surface area contributed by atoms with Crippen molar-refractivity contribution in [2.45, 2.75) is 6.42 Å². The summed E-state index contributed by atoms with van der Waals surface area (Å²) in [7, 11) is 0. The molecule has 0 saturated carbocycles. The van der Waals surface area contributed by atoms with Crippen molar-refractivity contribution in [2.24, 2.45) is 0 Å². The fourth-order valence-corrected chi connectivity index (χ4v) is 0.876. The minimum Gasteiger partial charge on any atom is -0.285 e. The first-order valence-corrected chi connectivity index (χ1v) is 3.45. The highest BCUT2D eigenvalue weighted by Gasteiger charge is 1.90. The van der Waals surface area contributed by atoms with Gasteiger partial charge in [0.2, 0.25) is 6.29 Å². The third kappa shape index (κ3) is 2.04. The van der Waals surface area contributed by atoms with Crippen molar-refractivity contribution in [3.8, 4) is 0 Å². The van der Waals surface area contributed by atoms with Crippen molar-refractivity contribution < 1.29 is 4.79 Å². The third-order valence-electron chi connectivity index (χ3n) is 1.45. The molecule has 0 amide bonds. The Morgan fingerprint density at radius 2 is 2.00 bits per heavy atom. The maximum Gasteiger partial charge on any atom is 0.233 e. The van der Waals surface area contributed by atoms with Crippen LogP contribution in [0.15, 0.2) is 36.9 Å². The van der Waals surface area contributed by atoms with Gasteiger partial charge in [-0.3, -0.25) is 4.79 Å². The van der Waals surface area contributed by atoms with Crippen LogP contribution >= 0.6 is 0 Å². The molecule has 1 heteroatoms. The van der Waals surface area contributed by atoms with Crippen molar-refractivity contribution >= 4 is 6.29 Å². The number of allylic oxidation sites excluding steroid dienone is 1. The van der Waals surface area contributed by atoms with Gasteiger partial charge in [0.25, 0.3) is 0 Å². The zero-order chi connectivity index (χ0) is 8.10. The Balaban J connectivity index is 2.81. The molecule has 0 aromatic heterocycles. The zero-order valence-corrected chi connectivity index (χ0v) is 6.21. The van der Waals surface area contributed by atoms with Crippen molar-refractivity contribution in [1.29, 1.82) is 0 Å². The first-order chi connectivity index (χ1) is 5.36. The zero-order valence-electron chi connectivity index (χ0n) is 6.21. The van der Waals surface area contributed by atoms with Crippen LogP contribution in [-0.2, 0) is 11.2 Å². The Morgan fingerprint density at radius 3 is 2.45 bits per heavy atom. The minimum atomic E-state index is 0.595. The first-order valence-electron chi connectivity index (χ1n) is 3.45. The van der Waals surface area contributed by atoms with E-state index in [1.807, 2.05) is 24.5 Å². The van der Waals surface area contributed by atoms with Gasteiger partial charge in [-0.1, -0.05) is 30.3 Å². The van der Waals surface area contributed by atoms with Gasteiger partial charge in [-0.25, -0.2) is 0 Å². The van der Waals surface area contributed by atoms with E-state index < -0.39 is 0 Å². The summed E-state index contributed by atoms with van der Waals surface area (Å²) in [6.45, 7) is 3.62. The summed E-state index contributed by atoms with van der Waals surface area (Å²) in [6, 6.07) is 7.32. The lowest BCUT2D eigenvalue weighted by molar-refractivity contribution is 0.563. The van der Waals surface area contributed by atoms with E-state index >= 15 is 0 Å². The molecule has 0 atom stereocenters. The van der Waals surface area contributed by atoms with Gasteiger partial charge in [0.15, 0.2) is 0 Å². The van der Waals surface area contributed by atoms with Crippen molar-refractivity contribution in [3.05, 3.63) is 48.0 Å². The fourth-order valence-electron chi connectivity index (χ4n) is 0.876. The van der Waals surface area contributed by atoms with Gasteiger partial charge in [0, 0.05) is 5.56 Å². The van der Waals surface area contributed by atoms with E-state index in [-0.39, 0.29) is 0 Å². The number of carbonyl (C=O) groups excluding carboxylic acids is 1. The van der Waals surface area contributed by atoms with Gasteiger partial charge in [-0.2, -0.15) is 0 Å². The monoisotopic (exact) mass is 145 g/mol. The lowest BCUT2D eigenvalue weighted by atomic mass is 10.1. The molecule has 0 saturated heterocycles. The van der Waals surface area contributed by atoms with Crippen molar-refractivity contribution in [2.75, 3.05) is 0 Å². The molecule has 0 aliphatic carbocycles. The van der Waals surface area contributed by atoms with Crippen LogP contribution in [0.25, 0.3) is 0 Å². The van der Waals surface area contributed by atoms with Gasteiger partial charge in [0.05, 0.1) is 0 Å². The summed E-state index contributed by atoms with van der Waals surface area (Å²) in [6.07, 6.45) is 4.50. The normalized spacial score (nSPS) is 9.09. The highest BCUT2D eigenvalue weighted by molar-refractivity contribution is 5.75. The molecule has 1 nitrogen and oxygen atoms in total. The van der Waals surface area contributed by atoms with Crippen LogP contribution in [0.1, 0.15) is 11.1 Å². The van der Waals surface area contributed by atoms with Crippen LogP contribution in [0.4, 0.5) is 0 Å².